The van der Waals surface area contributed by atoms with E-state index in [4.69, 9.17) is 16.3 Å². The number of carbonyl (C=O) groups is 1. The molecule has 2 aliphatic rings. The Labute approximate surface area is 221 Å². The number of thioether (sulfide) groups is 1. The first-order valence-corrected chi connectivity index (χ1v) is 13.2. The maximum atomic E-state index is 13.4. The van der Waals surface area contributed by atoms with Gasteiger partial charge in [-0.15, -0.1) is 0 Å². The Morgan fingerprint density at radius 1 is 1.06 bits per heavy atom. The number of anilines is 1. The lowest BCUT2D eigenvalue weighted by Gasteiger charge is -2.39. The van der Waals surface area contributed by atoms with Gasteiger partial charge < -0.3 is 20.1 Å². The van der Waals surface area contributed by atoms with E-state index in [1.807, 2.05) is 60.7 Å². The molecule has 35 heavy (non-hydrogen) atoms. The number of hydrogen-bond acceptors (Lipinski definition) is 6. The standard InChI is InChI=1S/C26H23BrClN3O3S/c27-23-7-3-6-22(29-23)26(17-8-10-18(11-9-17)31-12-14-34-15-13-31)16-20(32)24(25(33)30-26)35-21-5-2-1-4-19(21)28/h1-11,32H,12-16H2,(H,30,33). The van der Waals surface area contributed by atoms with E-state index in [0.717, 1.165) is 36.1 Å². The number of ether oxygens (including phenoxy) is 1. The first-order chi connectivity index (χ1) is 17.0. The molecule has 3 heterocycles. The summed E-state index contributed by atoms with van der Waals surface area (Å²) in [6.45, 7) is 3.07. The molecule has 1 saturated heterocycles. The van der Waals surface area contributed by atoms with Crippen molar-refractivity contribution in [3.63, 3.8) is 0 Å². The number of halogens is 2. The molecular formula is C26H23BrClN3O3S. The van der Waals surface area contributed by atoms with E-state index in [-0.39, 0.29) is 23.0 Å². The van der Waals surface area contributed by atoms with Crippen molar-refractivity contribution >= 4 is 50.9 Å². The molecule has 180 valence electrons. The Kier molecular flexibility index (Phi) is 7.07. The zero-order chi connectivity index (χ0) is 24.4. The SMILES string of the molecule is O=C1NC(c2ccc(N3CCOCC3)cc2)(c2cccc(Br)n2)CC(O)=C1Sc1ccccc1Cl. The number of nitrogens with one attached hydrogen (secondary N) is 1. The lowest BCUT2D eigenvalue weighted by Crippen LogP contribution is -2.51. The molecule has 6 nitrogen and oxygen atoms in total. The zero-order valence-corrected chi connectivity index (χ0v) is 21.9. The average molecular weight is 573 g/mol. The molecule has 1 atom stereocenters. The Morgan fingerprint density at radius 3 is 2.49 bits per heavy atom. The van der Waals surface area contributed by atoms with Crippen LogP contribution in [0, 0.1) is 0 Å². The number of aliphatic hydroxyl groups excluding tert-OH is 1. The highest BCUT2D eigenvalue weighted by molar-refractivity contribution is 9.10. The van der Waals surface area contributed by atoms with Crippen molar-refractivity contribution in [1.82, 2.24) is 10.3 Å². The molecule has 1 aromatic heterocycles. The van der Waals surface area contributed by atoms with Gasteiger partial charge in [-0.05, 0) is 57.9 Å². The van der Waals surface area contributed by atoms with Crippen LogP contribution in [0.15, 0.2) is 86.9 Å². The van der Waals surface area contributed by atoms with Crippen LogP contribution in [0.2, 0.25) is 5.02 Å². The van der Waals surface area contributed by atoms with E-state index in [1.54, 1.807) is 6.07 Å². The van der Waals surface area contributed by atoms with E-state index >= 15 is 0 Å². The van der Waals surface area contributed by atoms with Gasteiger partial charge in [-0.3, -0.25) is 4.79 Å². The Balaban J connectivity index is 1.54. The highest BCUT2D eigenvalue weighted by atomic mass is 79.9. The molecule has 1 amide bonds. The molecule has 0 spiro atoms. The number of aromatic nitrogens is 1. The molecule has 3 aromatic rings. The number of benzene rings is 2. The molecule has 0 aliphatic carbocycles. The van der Waals surface area contributed by atoms with Gasteiger partial charge in [0.25, 0.3) is 5.91 Å². The van der Waals surface area contributed by atoms with Crippen LogP contribution < -0.4 is 10.2 Å². The van der Waals surface area contributed by atoms with Crippen LogP contribution in [0.5, 0.6) is 0 Å². The fraction of sp³-hybridized carbons (Fsp3) is 0.231. The second-order valence-electron chi connectivity index (χ2n) is 8.34. The summed E-state index contributed by atoms with van der Waals surface area (Å²) < 4.78 is 6.11. The predicted molar refractivity (Wildman–Crippen MR) is 142 cm³/mol. The third-order valence-corrected chi connectivity index (χ3v) is 8.25. The molecule has 2 aromatic carbocycles. The predicted octanol–water partition coefficient (Wildman–Crippen LogP) is 5.66. The molecule has 1 unspecified atom stereocenters. The summed E-state index contributed by atoms with van der Waals surface area (Å²) in [5, 5.41) is 14.9. The van der Waals surface area contributed by atoms with E-state index in [1.165, 1.54) is 0 Å². The second-order valence-corrected chi connectivity index (χ2v) is 10.6. The number of pyridine rings is 1. The van der Waals surface area contributed by atoms with Crippen molar-refractivity contribution in [1.29, 1.82) is 0 Å². The summed E-state index contributed by atoms with van der Waals surface area (Å²) in [6, 6.07) is 20.9. The second kappa shape index (κ2) is 10.2. The van der Waals surface area contributed by atoms with Crippen molar-refractivity contribution < 1.29 is 14.6 Å². The van der Waals surface area contributed by atoms with Crippen LogP contribution >= 0.6 is 39.3 Å². The summed E-state index contributed by atoms with van der Waals surface area (Å²) in [4.78, 5) is 21.3. The summed E-state index contributed by atoms with van der Waals surface area (Å²) in [6.07, 6.45) is 0.159. The summed E-state index contributed by atoms with van der Waals surface area (Å²) >= 11 is 10.9. The molecule has 5 rings (SSSR count). The molecule has 0 bridgehead atoms. The van der Waals surface area contributed by atoms with Gasteiger partial charge in [0.05, 0.1) is 23.9 Å². The van der Waals surface area contributed by atoms with Gasteiger partial charge in [0.1, 0.15) is 20.8 Å². The lowest BCUT2D eigenvalue weighted by atomic mass is 9.80. The highest BCUT2D eigenvalue weighted by Gasteiger charge is 2.44. The number of nitrogens with zero attached hydrogens (tertiary/aromatic N) is 2. The Bertz CT molecular complexity index is 1280. The van der Waals surface area contributed by atoms with Crippen molar-refractivity contribution in [2.75, 3.05) is 31.2 Å². The first-order valence-electron chi connectivity index (χ1n) is 11.2. The third kappa shape index (κ3) is 4.93. The topological polar surface area (TPSA) is 74.7 Å². The smallest absolute Gasteiger partial charge is 0.262 e. The Hall–Kier alpha value is -2.52. The van der Waals surface area contributed by atoms with Crippen LogP contribution in [0.25, 0.3) is 0 Å². The molecule has 0 saturated carbocycles. The number of amides is 1. The largest absolute Gasteiger partial charge is 0.511 e. The molecule has 2 N–H and O–H groups in total. The number of rotatable bonds is 5. The highest BCUT2D eigenvalue weighted by Crippen LogP contribution is 2.43. The fourth-order valence-electron chi connectivity index (χ4n) is 4.40. The molecule has 1 fully saturated rings. The minimum Gasteiger partial charge on any atom is -0.511 e. The third-order valence-electron chi connectivity index (χ3n) is 6.17. The van der Waals surface area contributed by atoms with E-state index in [9.17, 15) is 9.90 Å². The maximum absolute atomic E-state index is 13.4. The van der Waals surface area contributed by atoms with Crippen LogP contribution in [-0.2, 0) is 15.1 Å². The van der Waals surface area contributed by atoms with E-state index in [0.29, 0.717) is 33.4 Å². The van der Waals surface area contributed by atoms with Crippen LogP contribution in [0.3, 0.4) is 0 Å². The Morgan fingerprint density at radius 2 is 1.80 bits per heavy atom. The zero-order valence-electron chi connectivity index (χ0n) is 18.7. The molecule has 0 radical (unpaired) electrons. The number of morpholine rings is 1. The van der Waals surface area contributed by atoms with Crippen LogP contribution in [0.4, 0.5) is 5.69 Å². The monoisotopic (exact) mass is 571 g/mol. The fourth-order valence-corrected chi connectivity index (χ4v) is 5.86. The molecular weight excluding hydrogens is 550 g/mol. The van der Waals surface area contributed by atoms with Gasteiger partial charge in [0.2, 0.25) is 0 Å². The van der Waals surface area contributed by atoms with Gasteiger partial charge >= 0.3 is 0 Å². The minimum absolute atomic E-state index is 0.00213. The maximum Gasteiger partial charge on any atom is 0.262 e. The summed E-state index contributed by atoms with van der Waals surface area (Å²) in [7, 11) is 0. The van der Waals surface area contributed by atoms with Crippen molar-refractivity contribution in [3.8, 4) is 0 Å². The quantitative estimate of drug-likeness (QED) is 0.385. The van der Waals surface area contributed by atoms with Crippen LogP contribution in [0.1, 0.15) is 17.7 Å². The van der Waals surface area contributed by atoms with E-state index < -0.39 is 5.54 Å². The van der Waals surface area contributed by atoms with Crippen molar-refractivity contribution in [3.05, 3.63) is 98.3 Å². The van der Waals surface area contributed by atoms with Gasteiger partial charge in [-0.2, -0.15) is 0 Å². The minimum atomic E-state index is -1.03. The number of carbonyl (C=O) groups excluding carboxylic acids is 1. The van der Waals surface area contributed by atoms with Crippen LogP contribution in [-0.4, -0.2) is 42.3 Å². The molecule has 2 aliphatic heterocycles. The summed E-state index contributed by atoms with van der Waals surface area (Å²) in [5.41, 5.74) is 1.53. The van der Waals surface area contributed by atoms with Gasteiger partial charge in [-0.1, -0.05) is 53.7 Å². The van der Waals surface area contributed by atoms with Gasteiger partial charge in [0.15, 0.2) is 0 Å². The van der Waals surface area contributed by atoms with Crippen molar-refractivity contribution in [2.24, 2.45) is 0 Å². The van der Waals surface area contributed by atoms with Gasteiger partial charge in [-0.25, -0.2) is 4.98 Å². The van der Waals surface area contributed by atoms with E-state index in [2.05, 4.69) is 31.1 Å². The average Bonchev–Trinajstić information content (AvgIpc) is 2.88. The molecule has 9 heteroatoms. The number of hydrogen-bond donors (Lipinski definition) is 2. The number of aliphatic hydroxyl groups is 1. The summed E-state index contributed by atoms with van der Waals surface area (Å²) in [5.74, 6) is -0.379. The van der Waals surface area contributed by atoms with Crippen molar-refractivity contribution in [2.45, 2.75) is 16.9 Å². The first kappa shape index (κ1) is 24.2. The lowest BCUT2D eigenvalue weighted by molar-refractivity contribution is -0.119. The normalized spacial score (nSPS) is 20.6. The van der Waals surface area contributed by atoms with Gasteiger partial charge in [0, 0.05) is 30.1 Å².